The van der Waals surface area contributed by atoms with Crippen molar-refractivity contribution in [3.05, 3.63) is 65.2 Å². The van der Waals surface area contributed by atoms with E-state index in [9.17, 15) is 14.9 Å². The number of anilines is 1. The number of nitrogens with one attached hydrogen (secondary N) is 1. The fourth-order valence-corrected chi connectivity index (χ4v) is 2.80. The lowest BCUT2D eigenvalue weighted by atomic mass is 10.1. The lowest BCUT2D eigenvalue weighted by molar-refractivity contribution is -0.112. The fraction of sp³-hybridized carbons (Fsp3) is 0.346. The topological polar surface area (TPSA) is 88.4 Å². The second kappa shape index (κ2) is 13.7. The highest BCUT2D eigenvalue weighted by atomic mass is 16.5. The molecule has 0 aromatic heterocycles. The third-order valence-corrected chi connectivity index (χ3v) is 4.68. The van der Waals surface area contributed by atoms with Gasteiger partial charge in [0.05, 0.1) is 18.8 Å². The number of nitriles is 1. The van der Waals surface area contributed by atoms with Crippen LogP contribution in [0.15, 0.2) is 54.1 Å². The summed E-state index contributed by atoms with van der Waals surface area (Å²) in [6, 6.07) is 15.6. The number of hydrogen-bond donors (Lipinski definition) is 1. The summed E-state index contributed by atoms with van der Waals surface area (Å²) in [4.78, 5) is 24.5. The van der Waals surface area contributed by atoms with Crippen molar-refractivity contribution >= 4 is 23.6 Å². The average molecular weight is 435 g/mol. The van der Waals surface area contributed by atoms with Gasteiger partial charge in [0.25, 0.3) is 5.91 Å². The zero-order valence-electron chi connectivity index (χ0n) is 18.7. The predicted octanol–water partition coefficient (Wildman–Crippen LogP) is 5.76. The fourth-order valence-electron chi connectivity index (χ4n) is 2.80. The highest BCUT2D eigenvalue weighted by Crippen LogP contribution is 2.17. The molecule has 2 aromatic carbocycles. The first-order chi connectivity index (χ1) is 15.6. The molecule has 32 heavy (non-hydrogen) atoms. The zero-order chi connectivity index (χ0) is 23.2. The van der Waals surface area contributed by atoms with E-state index in [1.165, 1.54) is 6.08 Å². The SMILES string of the molecule is CCCCCOC(=O)c1ccc(NC(=O)/C(C#N)=C/c2ccc(OCCCC)cc2)cc1. The van der Waals surface area contributed by atoms with Gasteiger partial charge in [0.1, 0.15) is 17.4 Å². The molecule has 6 heteroatoms. The molecule has 0 bridgehead atoms. The number of carbonyl (C=O) groups is 2. The van der Waals surface area contributed by atoms with Crippen LogP contribution in [0, 0.1) is 11.3 Å². The van der Waals surface area contributed by atoms with Gasteiger partial charge in [0.15, 0.2) is 0 Å². The van der Waals surface area contributed by atoms with Crippen molar-refractivity contribution in [2.24, 2.45) is 0 Å². The second-order valence-electron chi connectivity index (χ2n) is 7.32. The third-order valence-electron chi connectivity index (χ3n) is 4.68. The lowest BCUT2D eigenvalue weighted by Gasteiger charge is -2.07. The van der Waals surface area contributed by atoms with E-state index in [2.05, 4.69) is 19.2 Å². The Hall–Kier alpha value is -3.59. The van der Waals surface area contributed by atoms with Gasteiger partial charge in [-0.25, -0.2) is 4.79 Å². The van der Waals surface area contributed by atoms with Crippen LogP contribution in [0.3, 0.4) is 0 Å². The van der Waals surface area contributed by atoms with Crippen LogP contribution in [0.4, 0.5) is 5.69 Å². The van der Waals surface area contributed by atoms with E-state index < -0.39 is 11.9 Å². The van der Waals surface area contributed by atoms with Crippen LogP contribution in [0.5, 0.6) is 5.75 Å². The molecule has 0 radical (unpaired) electrons. The van der Waals surface area contributed by atoms with Crippen molar-refractivity contribution in [3.8, 4) is 11.8 Å². The van der Waals surface area contributed by atoms with Crippen LogP contribution in [-0.2, 0) is 9.53 Å². The number of nitrogens with zero attached hydrogens (tertiary/aromatic N) is 1. The van der Waals surface area contributed by atoms with E-state index in [1.54, 1.807) is 36.4 Å². The van der Waals surface area contributed by atoms with Gasteiger partial charge in [-0.3, -0.25) is 4.79 Å². The molecule has 6 nitrogen and oxygen atoms in total. The van der Waals surface area contributed by atoms with Gasteiger partial charge < -0.3 is 14.8 Å². The van der Waals surface area contributed by atoms with Crippen LogP contribution < -0.4 is 10.1 Å². The number of esters is 1. The Morgan fingerprint density at radius 3 is 2.25 bits per heavy atom. The molecule has 0 heterocycles. The minimum atomic E-state index is -0.523. The van der Waals surface area contributed by atoms with Crippen LogP contribution in [0.1, 0.15) is 61.9 Å². The molecule has 0 spiro atoms. The lowest BCUT2D eigenvalue weighted by Crippen LogP contribution is -2.13. The Bertz CT molecular complexity index is 941. The molecule has 0 aliphatic carbocycles. The van der Waals surface area contributed by atoms with Crippen molar-refractivity contribution < 1.29 is 19.1 Å². The summed E-state index contributed by atoms with van der Waals surface area (Å²) < 4.78 is 10.8. The summed E-state index contributed by atoms with van der Waals surface area (Å²) in [5.74, 6) is -0.160. The standard InChI is InChI=1S/C26H30N2O4/c1-3-5-7-17-32-26(30)21-10-12-23(13-11-21)28-25(29)22(19-27)18-20-8-14-24(15-9-20)31-16-6-4-2/h8-15,18H,3-7,16-17H2,1-2H3,(H,28,29)/b22-18+. The van der Waals surface area contributed by atoms with Crippen molar-refractivity contribution in [1.82, 2.24) is 0 Å². The molecule has 2 rings (SSSR count). The van der Waals surface area contributed by atoms with Gasteiger partial charge >= 0.3 is 5.97 Å². The van der Waals surface area contributed by atoms with Gasteiger partial charge in [-0.1, -0.05) is 45.2 Å². The molecular formula is C26H30N2O4. The number of hydrogen-bond acceptors (Lipinski definition) is 5. The van der Waals surface area contributed by atoms with E-state index >= 15 is 0 Å². The first-order valence-corrected chi connectivity index (χ1v) is 11.0. The number of ether oxygens (including phenoxy) is 2. The predicted molar refractivity (Wildman–Crippen MR) is 125 cm³/mol. The largest absolute Gasteiger partial charge is 0.494 e. The maximum Gasteiger partial charge on any atom is 0.338 e. The van der Waals surface area contributed by atoms with Gasteiger partial charge in [-0.05, 0) is 60.9 Å². The van der Waals surface area contributed by atoms with Crippen LogP contribution in [0.2, 0.25) is 0 Å². The minimum absolute atomic E-state index is 0.0240. The van der Waals surface area contributed by atoms with Gasteiger partial charge in [-0.15, -0.1) is 0 Å². The second-order valence-corrected chi connectivity index (χ2v) is 7.32. The Balaban J connectivity index is 1.95. The van der Waals surface area contributed by atoms with E-state index in [0.717, 1.165) is 43.4 Å². The summed E-state index contributed by atoms with van der Waals surface area (Å²) in [6.07, 6.45) is 6.49. The molecule has 0 atom stereocenters. The maximum absolute atomic E-state index is 12.5. The van der Waals surface area contributed by atoms with Crippen molar-refractivity contribution in [3.63, 3.8) is 0 Å². The Labute approximate surface area is 189 Å². The third kappa shape index (κ3) is 8.27. The van der Waals surface area contributed by atoms with Crippen LogP contribution >= 0.6 is 0 Å². The Morgan fingerprint density at radius 1 is 0.938 bits per heavy atom. The van der Waals surface area contributed by atoms with Crippen LogP contribution in [0.25, 0.3) is 6.08 Å². The minimum Gasteiger partial charge on any atom is -0.494 e. The Morgan fingerprint density at radius 2 is 1.62 bits per heavy atom. The molecule has 0 unspecified atom stereocenters. The summed E-state index contributed by atoms with van der Waals surface area (Å²) in [7, 11) is 0. The van der Waals surface area contributed by atoms with Gasteiger partial charge in [0.2, 0.25) is 0 Å². The summed E-state index contributed by atoms with van der Waals surface area (Å²) in [5, 5.41) is 12.1. The maximum atomic E-state index is 12.5. The molecule has 1 amide bonds. The molecule has 2 aromatic rings. The smallest absolute Gasteiger partial charge is 0.338 e. The number of rotatable bonds is 12. The molecule has 0 saturated heterocycles. The number of unbranched alkanes of at least 4 members (excludes halogenated alkanes) is 3. The molecule has 168 valence electrons. The molecule has 0 aliphatic heterocycles. The van der Waals surface area contributed by atoms with Crippen molar-refractivity contribution in [2.45, 2.75) is 46.0 Å². The van der Waals surface area contributed by atoms with E-state index in [4.69, 9.17) is 9.47 Å². The molecule has 1 N–H and O–H groups in total. The number of benzene rings is 2. The van der Waals surface area contributed by atoms with Gasteiger partial charge in [0, 0.05) is 5.69 Å². The highest BCUT2D eigenvalue weighted by molar-refractivity contribution is 6.09. The monoisotopic (exact) mass is 434 g/mol. The average Bonchev–Trinajstić information content (AvgIpc) is 2.81. The van der Waals surface area contributed by atoms with Crippen molar-refractivity contribution in [2.75, 3.05) is 18.5 Å². The quantitative estimate of drug-likeness (QED) is 0.199. The van der Waals surface area contributed by atoms with Crippen molar-refractivity contribution in [1.29, 1.82) is 5.26 Å². The first-order valence-electron chi connectivity index (χ1n) is 11.0. The van der Waals surface area contributed by atoms with Crippen LogP contribution in [-0.4, -0.2) is 25.1 Å². The first kappa shape index (κ1) is 24.7. The molecule has 0 aliphatic rings. The van der Waals surface area contributed by atoms with Gasteiger partial charge in [-0.2, -0.15) is 5.26 Å². The summed E-state index contributed by atoms with van der Waals surface area (Å²) in [5.41, 5.74) is 1.60. The molecular weight excluding hydrogens is 404 g/mol. The summed E-state index contributed by atoms with van der Waals surface area (Å²) >= 11 is 0. The molecule has 0 fully saturated rings. The normalized spacial score (nSPS) is 10.8. The van der Waals surface area contributed by atoms with E-state index in [-0.39, 0.29) is 5.57 Å². The Kier molecular flexibility index (Phi) is 10.5. The summed E-state index contributed by atoms with van der Waals surface area (Å²) in [6.45, 7) is 5.24. The number of carbonyl (C=O) groups excluding carboxylic acids is 2. The molecule has 0 saturated carbocycles. The number of amides is 1. The van der Waals surface area contributed by atoms with E-state index in [1.807, 2.05) is 18.2 Å². The van der Waals surface area contributed by atoms with E-state index in [0.29, 0.717) is 24.5 Å². The highest BCUT2D eigenvalue weighted by Gasteiger charge is 2.11. The zero-order valence-corrected chi connectivity index (χ0v) is 18.7.